The van der Waals surface area contributed by atoms with Gasteiger partial charge in [0.15, 0.2) is 5.75 Å². The Balaban J connectivity index is 3.30. The monoisotopic (exact) mass is 361 g/mol. The van der Waals surface area contributed by atoms with Gasteiger partial charge in [-0.3, -0.25) is 0 Å². The molecule has 0 N–H and O–H groups in total. The minimum Gasteiger partial charge on any atom is -0.465 e. The van der Waals surface area contributed by atoms with Crippen molar-refractivity contribution in [3.63, 3.8) is 0 Å². The Labute approximate surface area is 108 Å². The van der Waals surface area contributed by atoms with Gasteiger partial charge in [0.25, 0.3) is 0 Å². The van der Waals surface area contributed by atoms with Gasteiger partial charge in [-0.2, -0.15) is 0 Å². The number of halogens is 4. The van der Waals surface area contributed by atoms with Crippen LogP contribution in [0.3, 0.4) is 0 Å². The van der Waals surface area contributed by atoms with E-state index in [1.807, 2.05) is 0 Å². The number of alkyl halides is 3. The maximum atomic E-state index is 12.2. The van der Waals surface area contributed by atoms with Crippen LogP contribution in [0.2, 0.25) is 0 Å². The summed E-state index contributed by atoms with van der Waals surface area (Å²) in [6, 6.07) is 1.18. The van der Waals surface area contributed by atoms with Gasteiger partial charge in [0.05, 0.1) is 7.11 Å². The van der Waals surface area contributed by atoms with Crippen LogP contribution in [0.1, 0.15) is 16.1 Å². The largest absolute Gasteiger partial charge is 0.573 e. The Morgan fingerprint density at radius 2 is 2.06 bits per heavy atom. The van der Waals surface area contributed by atoms with Crippen LogP contribution < -0.4 is 4.74 Å². The van der Waals surface area contributed by atoms with E-state index in [1.165, 1.54) is 6.07 Å². The average molecular weight is 361 g/mol. The van der Waals surface area contributed by atoms with Crippen molar-refractivity contribution in [2.75, 3.05) is 7.11 Å². The van der Waals surface area contributed by atoms with Gasteiger partial charge >= 0.3 is 12.3 Å². The SMILES string of the molecule is COC(=O)c1cc(C)nc(I)c1OC(F)(F)F. The maximum absolute atomic E-state index is 12.2. The molecule has 0 radical (unpaired) electrons. The quantitative estimate of drug-likeness (QED) is 0.462. The predicted octanol–water partition coefficient (Wildman–Crippen LogP) is 2.68. The highest BCUT2D eigenvalue weighted by molar-refractivity contribution is 14.1. The molecule has 0 fully saturated rings. The molecule has 0 aromatic carbocycles. The van der Waals surface area contributed by atoms with Crippen LogP contribution in [-0.2, 0) is 4.74 Å². The third-order valence-electron chi connectivity index (χ3n) is 1.68. The van der Waals surface area contributed by atoms with E-state index in [9.17, 15) is 18.0 Å². The van der Waals surface area contributed by atoms with Crippen molar-refractivity contribution in [3.8, 4) is 5.75 Å². The lowest BCUT2D eigenvalue weighted by Crippen LogP contribution is -2.21. The van der Waals surface area contributed by atoms with Crippen molar-refractivity contribution >= 4 is 28.6 Å². The fourth-order valence-electron chi connectivity index (χ4n) is 1.10. The van der Waals surface area contributed by atoms with Gasteiger partial charge in [-0.1, -0.05) is 0 Å². The second-order valence-corrected chi connectivity index (χ2v) is 3.99. The van der Waals surface area contributed by atoms with E-state index >= 15 is 0 Å². The van der Waals surface area contributed by atoms with E-state index in [4.69, 9.17) is 0 Å². The Morgan fingerprint density at radius 1 is 1.47 bits per heavy atom. The fraction of sp³-hybridized carbons (Fsp3) is 0.333. The van der Waals surface area contributed by atoms with E-state index in [2.05, 4.69) is 14.5 Å². The number of carbonyl (C=O) groups excluding carboxylic acids is 1. The molecule has 0 spiro atoms. The number of esters is 1. The molecule has 94 valence electrons. The minimum atomic E-state index is -4.89. The van der Waals surface area contributed by atoms with Crippen molar-refractivity contribution in [1.82, 2.24) is 4.98 Å². The summed E-state index contributed by atoms with van der Waals surface area (Å²) in [4.78, 5) is 15.1. The number of rotatable bonds is 2. The molecular weight excluding hydrogens is 354 g/mol. The zero-order valence-electron chi connectivity index (χ0n) is 8.76. The third-order valence-corrected chi connectivity index (χ3v) is 2.41. The summed E-state index contributed by atoms with van der Waals surface area (Å²) in [5.41, 5.74) is 0.0889. The number of pyridine rings is 1. The highest BCUT2D eigenvalue weighted by Crippen LogP contribution is 2.31. The fourth-order valence-corrected chi connectivity index (χ4v) is 1.88. The normalized spacial score (nSPS) is 11.2. The molecule has 17 heavy (non-hydrogen) atoms. The molecule has 1 rings (SSSR count). The van der Waals surface area contributed by atoms with Crippen molar-refractivity contribution in [1.29, 1.82) is 0 Å². The second kappa shape index (κ2) is 5.07. The highest BCUT2D eigenvalue weighted by Gasteiger charge is 2.34. The lowest BCUT2D eigenvalue weighted by molar-refractivity contribution is -0.275. The van der Waals surface area contributed by atoms with Gasteiger partial charge in [0, 0.05) is 5.69 Å². The topological polar surface area (TPSA) is 48.4 Å². The van der Waals surface area contributed by atoms with Crippen LogP contribution in [0.15, 0.2) is 6.07 Å². The molecule has 1 heterocycles. The summed E-state index contributed by atoms with van der Waals surface area (Å²) >= 11 is 1.56. The van der Waals surface area contributed by atoms with Crippen LogP contribution >= 0.6 is 22.6 Å². The van der Waals surface area contributed by atoms with Crippen molar-refractivity contribution < 1.29 is 27.4 Å². The molecule has 1 aromatic rings. The molecule has 0 bridgehead atoms. The smallest absolute Gasteiger partial charge is 0.465 e. The van der Waals surface area contributed by atoms with Crippen LogP contribution in [0.25, 0.3) is 0 Å². The van der Waals surface area contributed by atoms with E-state index in [-0.39, 0.29) is 9.26 Å². The van der Waals surface area contributed by atoms with Gasteiger partial charge in [-0.25, -0.2) is 9.78 Å². The predicted molar refractivity (Wildman–Crippen MR) is 59.7 cm³/mol. The zero-order valence-corrected chi connectivity index (χ0v) is 10.9. The first-order chi connectivity index (χ1) is 7.74. The van der Waals surface area contributed by atoms with Gasteiger partial charge < -0.3 is 9.47 Å². The number of nitrogens with zero attached hydrogens (tertiary/aromatic N) is 1. The first kappa shape index (κ1) is 14.0. The Bertz CT molecular complexity index is 448. The first-order valence-electron chi connectivity index (χ1n) is 4.26. The van der Waals surface area contributed by atoms with E-state index in [0.29, 0.717) is 5.69 Å². The minimum absolute atomic E-state index is 0.0553. The number of hydrogen-bond acceptors (Lipinski definition) is 4. The molecule has 0 unspecified atom stereocenters. The molecule has 0 atom stereocenters. The Hall–Kier alpha value is -1.06. The molecule has 0 saturated heterocycles. The standard InChI is InChI=1S/C9H7F3INO3/c1-4-3-5(8(15)16-2)6(7(13)14-4)17-9(10,11)12/h3H,1-2H3. The van der Waals surface area contributed by atoms with Crippen molar-refractivity contribution in [2.45, 2.75) is 13.3 Å². The number of aryl methyl sites for hydroxylation is 1. The van der Waals surface area contributed by atoms with Gasteiger partial charge in [-0.05, 0) is 35.6 Å². The van der Waals surface area contributed by atoms with Crippen LogP contribution in [0.5, 0.6) is 5.75 Å². The zero-order chi connectivity index (χ0) is 13.2. The average Bonchev–Trinajstić information content (AvgIpc) is 2.19. The second-order valence-electron chi connectivity index (χ2n) is 2.97. The van der Waals surface area contributed by atoms with Crippen LogP contribution in [0, 0.1) is 10.6 Å². The molecule has 1 aromatic heterocycles. The number of ether oxygens (including phenoxy) is 2. The summed E-state index contributed by atoms with van der Waals surface area (Å²) in [7, 11) is 1.07. The molecule has 0 aliphatic carbocycles. The summed E-state index contributed by atoms with van der Waals surface area (Å²) < 4.78 is 44.6. The molecule has 0 amide bonds. The number of carbonyl (C=O) groups is 1. The van der Waals surface area contributed by atoms with Crippen LogP contribution in [-0.4, -0.2) is 24.4 Å². The Kier molecular flexibility index (Phi) is 4.17. The van der Waals surface area contributed by atoms with Gasteiger partial charge in [-0.15, -0.1) is 13.2 Å². The van der Waals surface area contributed by atoms with Gasteiger partial charge in [0.1, 0.15) is 9.26 Å². The molecule has 8 heteroatoms. The molecule has 0 aliphatic heterocycles. The lowest BCUT2D eigenvalue weighted by Gasteiger charge is -2.13. The molecule has 4 nitrogen and oxygen atoms in total. The highest BCUT2D eigenvalue weighted by atomic mass is 127. The number of methoxy groups -OCH3 is 1. The Morgan fingerprint density at radius 3 is 2.53 bits per heavy atom. The number of aromatic nitrogens is 1. The summed E-state index contributed by atoms with van der Waals surface area (Å²) in [6.45, 7) is 1.55. The van der Waals surface area contributed by atoms with Crippen LogP contribution in [0.4, 0.5) is 13.2 Å². The third kappa shape index (κ3) is 3.72. The summed E-state index contributed by atoms with van der Waals surface area (Å²) in [6.07, 6.45) is -4.89. The maximum Gasteiger partial charge on any atom is 0.573 e. The first-order valence-corrected chi connectivity index (χ1v) is 5.33. The molecule has 0 saturated carbocycles. The summed E-state index contributed by atoms with van der Waals surface area (Å²) in [5.74, 6) is -1.55. The van der Waals surface area contributed by atoms with Crippen molar-refractivity contribution in [3.05, 3.63) is 21.0 Å². The molecular formula is C9H7F3INO3. The van der Waals surface area contributed by atoms with E-state index in [1.54, 1.807) is 29.5 Å². The lowest BCUT2D eigenvalue weighted by atomic mass is 10.2. The number of hydrogen-bond donors (Lipinski definition) is 0. The van der Waals surface area contributed by atoms with Gasteiger partial charge in [0.2, 0.25) is 0 Å². The van der Waals surface area contributed by atoms with Crippen molar-refractivity contribution in [2.24, 2.45) is 0 Å². The molecule has 0 aliphatic rings. The van der Waals surface area contributed by atoms with E-state index in [0.717, 1.165) is 7.11 Å². The van der Waals surface area contributed by atoms with E-state index < -0.39 is 18.1 Å². The summed E-state index contributed by atoms with van der Waals surface area (Å²) in [5, 5.41) is 0.